The summed E-state index contributed by atoms with van der Waals surface area (Å²) >= 11 is 0. The molecule has 3 aromatic rings. The van der Waals surface area contributed by atoms with Gasteiger partial charge in [-0.05, 0) is 24.3 Å². The molecule has 0 atom stereocenters. The molecule has 3 aromatic carbocycles. The van der Waals surface area contributed by atoms with Crippen molar-refractivity contribution in [1.29, 1.82) is 0 Å². The fourth-order valence-corrected chi connectivity index (χ4v) is 2.83. The number of nitrogens with zero attached hydrogens (tertiary/aromatic N) is 2. The first-order valence-corrected chi connectivity index (χ1v) is 8.84. The number of anilines is 2. The van der Waals surface area contributed by atoms with Crippen LogP contribution >= 0.6 is 0 Å². The summed E-state index contributed by atoms with van der Waals surface area (Å²) in [7, 11) is 0. The number of benzene rings is 3. The minimum Gasteiger partial charge on any atom is -0.508 e. The molecule has 4 N–H and O–H groups in total. The van der Waals surface area contributed by atoms with Gasteiger partial charge in [-0.15, -0.1) is 0 Å². The van der Waals surface area contributed by atoms with E-state index in [1.807, 2.05) is 0 Å². The number of para-hydroxylation sites is 2. The molecule has 0 aliphatic carbocycles. The first kappa shape index (κ1) is 20.4. The van der Waals surface area contributed by atoms with Crippen molar-refractivity contribution in [3.05, 3.63) is 92.0 Å². The van der Waals surface area contributed by atoms with Crippen LogP contribution in [0.1, 0.15) is 11.1 Å². The van der Waals surface area contributed by atoms with E-state index < -0.39 is 9.85 Å². The summed E-state index contributed by atoms with van der Waals surface area (Å²) in [5.74, 6) is -0.139. The average Bonchev–Trinajstić information content (AvgIpc) is 2.72. The van der Waals surface area contributed by atoms with Crippen LogP contribution in [0.15, 0.2) is 60.7 Å². The van der Waals surface area contributed by atoms with Crippen molar-refractivity contribution >= 4 is 22.7 Å². The predicted octanol–water partition coefficient (Wildman–Crippen LogP) is 4.14. The van der Waals surface area contributed by atoms with Crippen molar-refractivity contribution in [2.75, 3.05) is 10.6 Å². The molecule has 0 fully saturated rings. The van der Waals surface area contributed by atoms with Gasteiger partial charge in [-0.2, -0.15) is 0 Å². The molecule has 0 saturated heterocycles. The monoisotopic (exact) mass is 410 g/mol. The van der Waals surface area contributed by atoms with E-state index in [1.165, 1.54) is 36.4 Å². The highest BCUT2D eigenvalue weighted by molar-refractivity contribution is 5.69. The maximum Gasteiger partial charge on any atom is 0.270 e. The van der Waals surface area contributed by atoms with Crippen LogP contribution in [0.4, 0.5) is 22.7 Å². The quantitative estimate of drug-likeness (QED) is 0.319. The second-order valence-electron chi connectivity index (χ2n) is 6.39. The van der Waals surface area contributed by atoms with Gasteiger partial charge in [-0.25, -0.2) is 0 Å². The van der Waals surface area contributed by atoms with Crippen molar-refractivity contribution in [1.82, 2.24) is 0 Å². The summed E-state index contributed by atoms with van der Waals surface area (Å²) in [5, 5.41) is 48.0. The van der Waals surface area contributed by atoms with E-state index in [9.17, 15) is 30.4 Å². The molecular formula is C20H18N4O6. The molecule has 0 amide bonds. The molecule has 0 saturated carbocycles. The highest BCUT2D eigenvalue weighted by Gasteiger charge is 2.12. The minimum absolute atomic E-state index is 0.0694. The van der Waals surface area contributed by atoms with Gasteiger partial charge in [-0.3, -0.25) is 20.2 Å². The summed E-state index contributed by atoms with van der Waals surface area (Å²) in [6, 6.07) is 14.7. The van der Waals surface area contributed by atoms with Gasteiger partial charge in [0.05, 0.1) is 21.2 Å². The number of nitro benzene ring substituents is 2. The zero-order chi connectivity index (χ0) is 21.7. The Hall–Kier alpha value is -4.34. The molecule has 0 spiro atoms. The number of aromatic hydroxyl groups is 2. The number of rotatable bonds is 8. The van der Waals surface area contributed by atoms with Crippen LogP contribution in [0.2, 0.25) is 0 Å². The van der Waals surface area contributed by atoms with Crippen LogP contribution in [0.3, 0.4) is 0 Å². The van der Waals surface area contributed by atoms with E-state index in [4.69, 9.17) is 0 Å². The largest absolute Gasteiger partial charge is 0.508 e. The highest BCUT2D eigenvalue weighted by atomic mass is 16.6. The fraction of sp³-hybridized carbons (Fsp3) is 0.100. The molecule has 0 unspecified atom stereocenters. The number of nitrogens with one attached hydrogen (secondary N) is 2. The number of hydrogen-bond acceptors (Lipinski definition) is 8. The summed E-state index contributed by atoms with van der Waals surface area (Å²) in [6.45, 7) is 0.266. The third-order valence-corrected chi connectivity index (χ3v) is 4.41. The van der Waals surface area contributed by atoms with E-state index in [-0.39, 0.29) is 36.0 Å². The summed E-state index contributed by atoms with van der Waals surface area (Å²) in [5.41, 5.74) is 1.75. The van der Waals surface area contributed by atoms with Gasteiger partial charge in [0.15, 0.2) is 0 Å². The van der Waals surface area contributed by atoms with Crippen molar-refractivity contribution in [2.45, 2.75) is 13.1 Å². The normalized spacial score (nSPS) is 10.4. The van der Waals surface area contributed by atoms with Gasteiger partial charge in [0.25, 0.3) is 11.4 Å². The Morgan fingerprint density at radius 2 is 1.10 bits per heavy atom. The Morgan fingerprint density at radius 1 is 0.700 bits per heavy atom. The van der Waals surface area contributed by atoms with Gasteiger partial charge in [0.1, 0.15) is 11.5 Å². The highest BCUT2D eigenvalue weighted by Crippen LogP contribution is 2.28. The van der Waals surface area contributed by atoms with Gasteiger partial charge >= 0.3 is 0 Å². The topological polar surface area (TPSA) is 151 Å². The Balaban J connectivity index is 1.74. The molecule has 10 nitrogen and oxygen atoms in total. The minimum atomic E-state index is -0.538. The van der Waals surface area contributed by atoms with Crippen molar-refractivity contribution in [2.24, 2.45) is 0 Å². The SMILES string of the molecule is O=[N+]([O-])c1ccc(O)c(CNc2ccccc2NCc2cc([N+](=O)[O-])ccc2O)c1. The maximum atomic E-state index is 10.9. The van der Waals surface area contributed by atoms with Crippen LogP contribution in [-0.4, -0.2) is 20.1 Å². The molecular weight excluding hydrogens is 392 g/mol. The lowest BCUT2D eigenvalue weighted by Crippen LogP contribution is -2.06. The number of non-ortho nitro benzene ring substituents is 2. The maximum absolute atomic E-state index is 10.9. The number of phenols is 2. The Labute approximate surface area is 170 Å². The van der Waals surface area contributed by atoms with Gasteiger partial charge in [-0.1, -0.05) is 12.1 Å². The predicted molar refractivity (Wildman–Crippen MR) is 111 cm³/mol. The molecule has 154 valence electrons. The molecule has 0 aliphatic rings. The summed E-state index contributed by atoms with van der Waals surface area (Å²) in [4.78, 5) is 20.8. The zero-order valence-corrected chi connectivity index (χ0v) is 15.6. The van der Waals surface area contributed by atoms with Crippen LogP contribution in [0.25, 0.3) is 0 Å². The van der Waals surface area contributed by atoms with Gasteiger partial charge in [0, 0.05) is 48.5 Å². The Morgan fingerprint density at radius 3 is 1.47 bits per heavy atom. The Bertz CT molecular complexity index is 1020. The smallest absolute Gasteiger partial charge is 0.270 e. The summed E-state index contributed by atoms with van der Waals surface area (Å²) in [6.07, 6.45) is 0. The zero-order valence-electron chi connectivity index (χ0n) is 15.6. The van der Waals surface area contributed by atoms with E-state index >= 15 is 0 Å². The third kappa shape index (κ3) is 4.73. The first-order valence-electron chi connectivity index (χ1n) is 8.84. The molecule has 3 rings (SSSR count). The number of nitro groups is 2. The molecule has 0 heterocycles. The molecule has 0 aromatic heterocycles. The molecule has 30 heavy (non-hydrogen) atoms. The molecule has 0 bridgehead atoms. The van der Waals surface area contributed by atoms with Gasteiger partial charge < -0.3 is 20.8 Å². The van der Waals surface area contributed by atoms with Crippen molar-refractivity contribution in [3.8, 4) is 11.5 Å². The Kier molecular flexibility index (Phi) is 5.97. The lowest BCUT2D eigenvalue weighted by Gasteiger charge is -2.15. The lowest BCUT2D eigenvalue weighted by molar-refractivity contribution is -0.385. The second-order valence-corrected chi connectivity index (χ2v) is 6.39. The standard InChI is InChI=1S/C20H18N4O6/c25-19-7-5-15(23(27)28)9-13(19)11-21-17-3-1-2-4-18(17)22-12-14-10-16(24(29)30)6-8-20(14)26/h1-10,21-22,25-26H,11-12H2. The average molecular weight is 410 g/mol. The molecule has 10 heteroatoms. The molecule has 0 radical (unpaired) electrons. The van der Waals surface area contributed by atoms with Crippen molar-refractivity contribution in [3.63, 3.8) is 0 Å². The van der Waals surface area contributed by atoms with Crippen molar-refractivity contribution < 1.29 is 20.1 Å². The first-order chi connectivity index (χ1) is 14.3. The number of phenolic OH excluding ortho intramolecular Hbond substituents is 2. The van der Waals surface area contributed by atoms with E-state index in [0.717, 1.165) is 0 Å². The van der Waals surface area contributed by atoms with E-state index in [1.54, 1.807) is 24.3 Å². The third-order valence-electron chi connectivity index (χ3n) is 4.41. The second kappa shape index (κ2) is 8.78. The fourth-order valence-electron chi connectivity index (χ4n) is 2.83. The lowest BCUT2D eigenvalue weighted by atomic mass is 10.1. The van der Waals surface area contributed by atoms with Crippen LogP contribution in [0.5, 0.6) is 11.5 Å². The van der Waals surface area contributed by atoms with E-state index in [0.29, 0.717) is 22.5 Å². The summed E-state index contributed by atoms with van der Waals surface area (Å²) < 4.78 is 0. The van der Waals surface area contributed by atoms with Crippen LogP contribution in [-0.2, 0) is 13.1 Å². The molecule has 0 aliphatic heterocycles. The van der Waals surface area contributed by atoms with Crippen LogP contribution < -0.4 is 10.6 Å². The van der Waals surface area contributed by atoms with Crippen LogP contribution in [0, 0.1) is 20.2 Å². The van der Waals surface area contributed by atoms with E-state index in [2.05, 4.69) is 10.6 Å². The number of hydrogen-bond donors (Lipinski definition) is 4. The van der Waals surface area contributed by atoms with Gasteiger partial charge in [0.2, 0.25) is 0 Å².